The molecule has 120 valence electrons. The number of nitrogens with zero attached hydrogens (tertiary/aromatic N) is 2. The highest BCUT2D eigenvalue weighted by molar-refractivity contribution is 5.97. The topological polar surface area (TPSA) is 59.1 Å². The van der Waals surface area contributed by atoms with E-state index < -0.39 is 5.82 Å². The lowest BCUT2D eigenvalue weighted by molar-refractivity contribution is 0.0567. The monoisotopic (exact) mass is 310 g/mol. The second-order valence-corrected chi connectivity index (χ2v) is 4.82. The van der Waals surface area contributed by atoms with Crippen LogP contribution in [0.2, 0.25) is 0 Å². The van der Waals surface area contributed by atoms with Gasteiger partial charge in [-0.2, -0.15) is 0 Å². The van der Waals surface area contributed by atoms with Gasteiger partial charge < -0.3 is 19.3 Å². The molecule has 0 bridgehead atoms. The minimum atomic E-state index is -0.491. The summed E-state index contributed by atoms with van der Waals surface area (Å²) < 4.78 is 23.4. The standard InChI is InChI=1S/C15H19FN2O4/c1-3-22-15(20)18-8-6-17(7-9-18)14(19)12-10-11(16)4-5-13(12)21-2/h4-5,10H,3,6-9H2,1-2H3. The van der Waals surface area contributed by atoms with Crippen LogP contribution in [-0.4, -0.2) is 61.7 Å². The van der Waals surface area contributed by atoms with Gasteiger partial charge in [0.1, 0.15) is 11.6 Å². The molecule has 0 spiro atoms. The molecule has 1 fully saturated rings. The highest BCUT2D eigenvalue weighted by Gasteiger charge is 2.27. The molecule has 2 amide bonds. The normalized spacial score (nSPS) is 14.7. The molecule has 6 nitrogen and oxygen atoms in total. The summed E-state index contributed by atoms with van der Waals surface area (Å²) in [5, 5.41) is 0. The van der Waals surface area contributed by atoms with Crippen molar-refractivity contribution in [1.82, 2.24) is 9.80 Å². The average Bonchev–Trinajstić information content (AvgIpc) is 2.54. The van der Waals surface area contributed by atoms with Gasteiger partial charge in [-0.3, -0.25) is 4.79 Å². The summed E-state index contributed by atoms with van der Waals surface area (Å²) in [6, 6.07) is 3.84. The van der Waals surface area contributed by atoms with Gasteiger partial charge in [-0.25, -0.2) is 9.18 Å². The smallest absolute Gasteiger partial charge is 0.409 e. The Kier molecular flexibility index (Phi) is 5.19. The van der Waals surface area contributed by atoms with Gasteiger partial charge in [0.25, 0.3) is 5.91 Å². The molecular formula is C15H19FN2O4. The zero-order chi connectivity index (χ0) is 16.1. The van der Waals surface area contributed by atoms with Crippen LogP contribution in [0.15, 0.2) is 18.2 Å². The number of carbonyl (C=O) groups excluding carboxylic acids is 2. The largest absolute Gasteiger partial charge is 0.496 e. The predicted octanol–water partition coefficient (Wildman–Crippen LogP) is 1.75. The summed E-state index contributed by atoms with van der Waals surface area (Å²) in [4.78, 5) is 27.2. The Balaban J connectivity index is 2.04. The molecular weight excluding hydrogens is 291 g/mol. The number of ether oxygens (including phenoxy) is 2. The molecule has 0 aromatic heterocycles. The van der Waals surface area contributed by atoms with Crippen LogP contribution in [0.3, 0.4) is 0 Å². The molecule has 0 aliphatic carbocycles. The van der Waals surface area contributed by atoms with Crippen molar-refractivity contribution in [3.8, 4) is 5.75 Å². The molecule has 0 saturated carbocycles. The summed E-state index contributed by atoms with van der Waals surface area (Å²) in [6.45, 7) is 3.59. The highest BCUT2D eigenvalue weighted by atomic mass is 19.1. The summed E-state index contributed by atoms with van der Waals surface area (Å²) in [6.07, 6.45) is -0.377. The average molecular weight is 310 g/mol. The number of hydrogen-bond acceptors (Lipinski definition) is 4. The summed E-state index contributed by atoms with van der Waals surface area (Å²) >= 11 is 0. The van der Waals surface area contributed by atoms with Crippen molar-refractivity contribution in [2.24, 2.45) is 0 Å². The summed E-state index contributed by atoms with van der Waals surface area (Å²) in [5.74, 6) is -0.464. The van der Waals surface area contributed by atoms with E-state index in [1.165, 1.54) is 25.3 Å². The number of amides is 2. The van der Waals surface area contributed by atoms with Crippen LogP contribution in [0.5, 0.6) is 5.75 Å². The molecule has 1 aromatic carbocycles. The van der Waals surface area contributed by atoms with Crippen LogP contribution in [-0.2, 0) is 4.74 Å². The van der Waals surface area contributed by atoms with Gasteiger partial charge in [0.05, 0.1) is 19.3 Å². The molecule has 7 heteroatoms. The third-order valence-electron chi connectivity index (χ3n) is 3.48. The van der Waals surface area contributed by atoms with E-state index in [9.17, 15) is 14.0 Å². The molecule has 0 atom stereocenters. The van der Waals surface area contributed by atoms with Crippen LogP contribution in [0, 0.1) is 5.82 Å². The molecule has 0 unspecified atom stereocenters. The number of halogens is 1. The number of carbonyl (C=O) groups is 2. The Bertz CT molecular complexity index is 556. The molecule has 0 N–H and O–H groups in total. The van der Waals surface area contributed by atoms with Gasteiger partial charge in [-0.1, -0.05) is 0 Å². The molecule has 1 aliphatic heterocycles. The van der Waals surface area contributed by atoms with Crippen molar-refractivity contribution in [3.05, 3.63) is 29.6 Å². The second kappa shape index (κ2) is 7.11. The van der Waals surface area contributed by atoms with Crippen molar-refractivity contribution in [2.75, 3.05) is 39.9 Å². The minimum absolute atomic E-state index is 0.187. The third-order valence-corrected chi connectivity index (χ3v) is 3.48. The first-order valence-electron chi connectivity index (χ1n) is 7.11. The van der Waals surface area contributed by atoms with Gasteiger partial charge in [-0.15, -0.1) is 0 Å². The SMILES string of the molecule is CCOC(=O)N1CCN(C(=O)c2cc(F)ccc2OC)CC1. The Morgan fingerprint density at radius 3 is 2.41 bits per heavy atom. The number of piperazine rings is 1. The van der Waals surface area contributed by atoms with E-state index in [-0.39, 0.29) is 17.6 Å². The van der Waals surface area contributed by atoms with Gasteiger partial charge in [0.2, 0.25) is 0 Å². The zero-order valence-electron chi connectivity index (χ0n) is 12.7. The molecule has 22 heavy (non-hydrogen) atoms. The summed E-state index contributed by atoms with van der Waals surface area (Å²) in [5.41, 5.74) is 0.187. The predicted molar refractivity (Wildman–Crippen MR) is 77.5 cm³/mol. The molecule has 1 saturated heterocycles. The van der Waals surface area contributed by atoms with Crippen LogP contribution in [0.25, 0.3) is 0 Å². The van der Waals surface area contributed by atoms with E-state index >= 15 is 0 Å². The molecule has 2 rings (SSSR count). The van der Waals surface area contributed by atoms with Gasteiger partial charge in [-0.05, 0) is 25.1 Å². The minimum Gasteiger partial charge on any atom is -0.496 e. The van der Waals surface area contributed by atoms with E-state index in [4.69, 9.17) is 9.47 Å². The van der Waals surface area contributed by atoms with E-state index in [1.54, 1.807) is 16.7 Å². The first kappa shape index (κ1) is 16.1. The molecule has 1 heterocycles. The van der Waals surface area contributed by atoms with E-state index in [0.29, 0.717) is 38.5 Å². The Morgan fingerprint density at radius 1 is 1.18 bits per heavy atom. The maximum atomic E-state index is 13.4. The van der Waals surface area contributed by atoms with Crippen LogP contribution < -0.4 is 4.74 Å². The van der Waals surface area contributed by atoms with Crippen molar-refractivity contribution in [3.63, 3.8) is 0 Å². The molecule has 1 aliphatic rings. The maximum Gasteiger partial charge on any atom is 0.409 e. The van der Waals surface area contributed by atoms with Crippen LogP contribution >= 0.6 is 0 Å². The highest BCUT2D eigenvalue weighted by Crippen LogP contribution is 2.21. The van der Waals surface area contributed by atoms with E-state index in [1.807, 2.05) is 0 Å². The summed E-state index contributed by atoms with van der Waals surface area (Å²) in [7, 11) is 1.43. The fourth-order valence-electron chi connectivity index (χ4n) is 2.32. The first-order chi connectivity index (χ1) is 10.6. The van der Waals surface area contributed by atoms with Crippen molar-refractivity contribution in [1.29, 1.82) is 0 Å². The molecule has 0 radical (unpaired) electrons. The lowest BCUT2D eigenvalue weighted by atomic mass is 10.1. The second-order valence-electron chi connectivity index (χ2n) is 4.82. The fourth-order valence-corrected chi connectivity index (χ4v) is 2.32. The Hall–Kier alpha value is -2.31. The third kappa shape index (κ3) is 3.47. The Morgan fingerprint density at radius 2 is 1.82 bits per heavy atom. The van der Waals surface area contributed by atoms with Crippen LogP contribution in [0.1, 0.15) is 17.3 Å². The quantitative estimate of drug-likeness (QED) is 0.853. The Labute approximate surface area is 128 Å². The number of rotatable bonds is 3. The number of hydrogen-bond donors (Lipinski definition) is 0. The molecule has 1 aromatic rings. The van der Waals surface area contributed by atoms with E-state index in [0.717, 1.165) is 0 Å². The van der Waals surface area contributed by atoms with Crippen molar-refractivity contribution in [2.45, 2.75) is 6.92 Å². The first-order valence-corrected chi connectivity index (χ1v) is 7.11. The van der Waals surface area contributed by atoms with E-state index in [2.05, 4.69) is 0 Å². The lowest BCUT2D eigenvalue weighted by Crippen LogP contribution is -2.50. The number of benzene rings is 1. The van der Waals surface area contributed by atoms with Crippen molar-refractivity contribution >= 4 is 12.0 Å². The van der Waals surface area contributed by atoms with Gasteiger partial charge in [0.15, 0.2) is 0 Å². The van der Waals surface area contributed by atoms with Crippen LogP contribution in [0.4, 0.5) is 9.18 Å². The maximum absolute atomic E-state index is 13.4. The van der Waals surface area contributed by atoms with Gasteiger partial charge >= 0.3 is 6.09 Å². The lowest BCUT2D eigenvalue weighted by Gasteiger charge is -2.34. The van der Waals surface area contributed by atoms with Crippen molar-refractivity contribution < 1.29 is 23.5 Å². The fraction of sp³-hybridized carbons (Fsp3) is 0.467. The zero-order valence-corrected chi connectivity index (χ0v) is 12.7. The van der Waals surface area contributed by atoms with Gasteiger partial charge in [0, 0.05) is 26.2 Å². The number of methoxy groups -OCH3 is 1.